The molecule has 1 aliphatic carbocycles. The molecule has 2 heteroatoms. The molecule has 1 rings (SSSR count). The highest BCUT2D eigenvalue weighted by Gasteiger charge is 2.34. The first-order chi connectivity index (χ1) is 5.68. The fourth-order valence-corrected chi connectivity index (χ4v) is 1.88. The Morgan fingerprint density at radius 2 is 2.17 bits per heavy atom. The second-order valence-electron chi connectivity index (χ2n) is 4.19. The van der Waals surface area contributed by atoms with Crippen LogP contribution in [0.15, 0.2) is 0 Å². The lowest BCUT2D eigenvalue weighted by Gasteiger charge is -2.41. The van der Waals surface area contributed by atoms with Gasteiger partial charge in [0.2, 0.25) is 0 Å². The molecule has 1 atom stereocenters. The average molecular weight is 171 g/mol. The molecule has 12 heavy (non-hydrogen) atoms. The van der Waals surface area contributed by atoms with Crippen LogP contribution >= 0.6 is 0 Å². The molecular weight excluding hydrogens is 150 g/mol. The molecule has 0 unspecified atom stereocenters. The quantitative estimate of drug-likeness (QED) is 0.657. The van der Waals surface area contributed by atoms with Gasteiger partial charge in [0, 0.05) is 13.1 Å². The van der Waals surface area contributed by atoms with E-state index in [9.17, 15) is 0 Å². The second-order valence-corrected chi connectivity index (χ2v) is 4.19. The van der Waals surface area contributed by atoms with Crippen LogP contribution < -0.4 is 5.32 Å². The van der Waals surface area contributed by atoms with Crippen LogP contribution in [0, 0.1) is 5.41 Å². The molecule has 0 bridgehead atoms. The van der Waals surface area contributed by atoms with Crippen molar-refractivity contribution in [1.82, 2.24) is 5.32 Å². The summed E-state index contributed by atoms with van der Waals surface area (Å²) in [5.74, 6) is 0. The van der Waals surface area contributed by atoms with Crippen LogP contribution in [0.5, 0.6) is 0 Å². The zero-order valence-electron chi connectivity index (χ0n) is 8.27. The Morgan fingerprint density at radius 3 is 2.50 bits per heavy atom. The van der Waals surface area contributed by atoms with Gasteiger partial charge in [-0.1, -0.05) is 13.3 Å². The fourth-order valence-electron chi connectivity index (χ4n) is 1.88. The van der Waals surface area contributed by atoms with E-state index in [1.807, 2.05) is 6.92 Å². The van der Waals surface area contributed by atoms with Crippen LogP contribution in [0.25, 0.3) is 0 Å². The molecule has 0 amide bonds. The molecule has 0 aromatic heterocycles. The van der Waals surface area contributed by atoms with Crippen LogP contribution in [-0.2, 0) is 0 Å². The van der Waals surface area contributed by atoms with Crippen LogP contribution in [0.1, 0.15) is 39.5 Å². The van der Waals surface area contributed by atoms with Crippen molar-refractivity contribution in [2.24, 2.45) is 5.41 Å². The van der Waals surface area contributed by atoms with Gasteiger partial charge in [-0.15, -0.1) is 0 Å². The Morgan fingerprint density at radius 1 is 1.50 bits per heavy atom. The minimum absolute atomic E-state index is 0.209. The molecule has 1 fully saturated rings. The standard InChI is InChI=1S/C10H21NO/c1-3-10(5-4-6-10)8-11-7-9(2)12/h9,11-12H,3-8H2,1-2H3/t9-/m0/s1. The van der Waals surface area contributed by atoms with Crippen LogP contribution in [0.3, 0.4) is 0 Å². The van der Waals surface area contributed by atoms with Gasteiger partial charge >= 0.3 is 0 Å². The highest BCUT2D eigenvalue weighted by molar-refractivity contribution is 4.88. The van der Waals surface area contributed by atoms with Crippen molar-refractivity contribution < 1.29 is 5.11 Å². The van der Waals surface area contributed by atoms with Crippen molar-refractivity contribution in [3.05, 3.63) is 0 Å². The van der Waals surface area contributed by atoms with Gasteiger partial charge in [0.1, 0.15) is 0 Å². The van der Waals surface area contributed by atoms with Crippen LogP contribution in [0.2, 0.25) is 0 Å². The zero-order chi connectivity index (χ0) is 9.03. The number of hydrogen-bond acceptors (Lipinski definition) is 2. The average Bonchev–Trinajstić information content (AvgIpc) is 1.94. The molecule has 0 aromatic carbocycles. The third-order valence-electron chi connectivity index (χ3n) is 3.10. The van der Waals surface area contributed by atoms with E-state index in [0.29, 0.717) is 5.41 Å². The maximum Gasteiger partial charge on any atom is 0.0636 e. The van der Waals surface area contributed by atoms with Gasteiger partial charge in [-0.25, -0.2) is 0 Å². The van der Waals surface area contributed by atoms with Gasteiger partial charge in [-0.05, 0) is 31.6 Å². The maximum absolute atomic E-state index is 9.05. The first kappa shape index (κ1) is 10.0. The largest absolute Gasteiger partial charge is 0.392 e. The van der Waals surface area contributed by atoms with Crippen molar-refractivity contribution in [3.63, 3.8) is 0 Å². The summed E-state index contributed by atoms with van der Waals surface area (Å²) in [5.41, 5.74) is 0.578. The van der Waals surface area contributed by atoms with Gasteiger partial charge in [0.15, 0.2) is 0 Å². The molecule has 72 valence electrons. The van der Waals surface area contributed by atoms with Crippen molar-refractivity contribution >= 4 is 0 Å². The molecule has 0 aromatic rings. The third kappa shape index (κ3) is 2.46. The second kappa shape index (κ2) is 4.24. The molecule has 0 aliphatic heterocycles. The predicted molar refractivity (Wildman–Crippen MR) is 51.1 cm³/mol. The Bertz CT molecular complexity index is 124. The van der Waals surface area contributed by atoms with E-state index in [0.717, 1.165) is 13.1 Å². The van der Waals surface area contributed by atoms with E-state index in [4.69, 9.17) is 5.11 Å². The SMILES string of the molecule is CCC1(CNC[C@H](C)O)CCC1. The minimum Gasteiger partial charge on any atom is -0.392 e. The van der Waals surface area contributed by atoms with Crippen molar-refractivity contribution in [2.45, 2.75) is 45.6 Å². The molecule has 0 spiro atoms. The maximum atomic E-state index is 9.05. The number of rotatable bonds is 5. The molecule has 0 heterocycles. The number of nitrogens with one attached hydrogen (secondary N) is 1. The first-order valence-corrected chi connectivity index (χ1v) is 5.07. The van der Waals surface area contributed by atoms with E-state index in [1.165, 1.54) is 25.7 Å². The van der Waals surface area contributed by atoms with Gasteiger partial charge in [-0.3, -0.25) is 0 Å². The Kier molecular flexibility index (Phi) is 3.53. The molecule has 2 nitrogen and oxygen atoms in total. The summed E-state index contributed by atoms with van der Waals surface area (Å²) in [6, 6.07) is 0. The molecule has 1 aliphatic rings. The van der Waals surface area contributed by atoms with Gasteiger partial charge < -0.3 is 10.4 Å². The third-order valence-corrected chi connectivity index (χ3v) is 3.10. The topological polar surface area (TPSA) is 32.3 Å². The van der Waals surface area contributed by atoms with Crippen molar-refractivity contribution in [2.75, 3.05) is 13.1 Å². The number of hydrogen-bond donors (Lipinski definition) is 2. The van der Waals surface area contributed by atoms with Gasteiger partial charge in [-0.2, -0.15) is 0 Å². The Hall–Kier alpha value is -0.0800. The molecule has 2 N–H and O–H groups in total. The normalized spacial score (nSPS) is 23.2. The molecule has 0 saturated heterocycles. The molecular formula is C10H21NO. The van der Waals surface area contributed by atoms with E-state index in [2.05, 4.69) is 12.2 Å². The van der Waals surface area contributed by atoms with E-state index < -0.39 is 0 Å². The lowest BCUT2D eigenvalue weighted by molar-refractivity contribution is 0.113. The summed E-state index contributed by atoms with van der Waals surface area (Å²) in [6.45, 7) is 5.92. The zero-order valence-corrected chi connectivity index (χ0v) is 8.27. The van der Waals surface area contributed by atoms with Crippen LogP contribution in [0.4, 0.5) is 0 Å². The lowest BCUT2D eigenvalue weighted by Crippen LogP contribution is -2.41. The highest BCUT2D eigenvalue weighted by Crippen LogP contribution is 2.42. The van der Waals surface area contributed by atoms with Crippen LogP contribution in [-0.4, -0.2) is 24.3 Å². The molecule has 0 radical (unpaired) electrons. The van der Waals surface area contributed by atoms with Crippen molar-refractivity contribution in [1.29, 1.82) is 0 Å². The van der Waals surface area contributed by atoms with Gasteiger partial charge in [0.05, 0.1) is 6.10 Å². The van der Waals surface area contributed by atoms with E-state index in [-0.39, 0.29) is 6.10 Å². The molecule has 1 saturated carbocycles. The first-order valence-electron chi connectivity index (χ1n) is 5.07. The Balaban J connectivity index is 2.12. The smallest absolute Gasteiger partial charge is 0.0636 e. The van der Waals surface area contributed by atoms with E-state index in [1.54, 1.807) is 0 Å². The lowest BCUT2D eigenvalue weighted by atomic mass is 9.67. The van der Waals surface area contributed by atoms with E-state index >= 15 is 0 Å². The minimum atomic E-state index is -0.209. The Labute approximate surface area is 75.4 Å². The van der Waals surface area contributed by atoms with Gasteiger partial charge in [0.25, 0.3) is 0 Å². The summed E-state index contributed by atoms with van der Waals surface area (Å²) < 4.78 is 0. The fraction of sp³-hybridized carbons (Fsp3) is 1.00. The summed E-state index contributed by atoms with van der Waals surface area (Å²) >= 11 is 0. The van der Waals surface area contributed by atoms with Crippen molar-refractivity contribution in [3.8, 4) is 0 Å². The number of aliphatic hydroxyl groups is 1. The summed E-state index contributed by atoms with van der Waals surface area (Å²) in [4.78, 5) is 0. The summed E-state index contributed by atoms with van der Waals surface area (Å²) in [6.07, 6.45) is 5.20. The number of aliphatic hydroxyl groups excluding tert-OH is 1. The highest BCUT2D eigenvalue weighted by atomic mass is 16.3. The summed E-state index contributed by atoms with van der Waals surface area (Å²) in [7, 11) is 0. The predicted octanol–water partition coefficient (Wildman–Crippen LogP) is 1.54. The monoisotopic (exact) mass is 171 g/mol. The summed E-state index contributed by atoms with van der Waals surface area (Å²) in [5, 5.41) is 12.4.